The van der Waals surface area contributed by atoms with E-state index >= 15 is 0 Å². The zero-order valence-corrected chi connectivity index (χ0v) is 31.5. The molecule has 5 nitrogen and oxygen atoms in total. The van der Waals surface area contributed by atoms with Gasteiger partial charge in [-0.05, 0) is 81.6 Å². The Bertz CT molecular complexity index is 4000. The molecule has 5 heteroatoms. The van der Waals surface area contributed by atoms with Gasteiger partial charge in [0.1, 0.15) is 11.2 Å². The summed E-state index contributed by atoms with van der Waals surface area (Å²) in [6.45, 7) is 0. The van der Waals surface area contributed by atoms with Gasteiger partial charge in [0.25, 0.3) is 0 Å². The van der Waals surface area contributed by atoms with E-state index < -0.39 is 0 Å². The van der Waals surface area contributed by atoms with E-state index in [9.17, 15) is 0 Å². The number of para-hydroxylation sites is 2. The number of benzene rings is 9. The third kappa shape index (κ3) is 4.08. The van der Waals surface area contributed by atoms with Gasteiger partial charge in [0.15, 0.2) is 0 Å². The van der Waals surface area contributed by atoms with Crippen molar-refractivity contribution >= 4 is 92.7 Å². The second kappa shape index (κ2) is 11.3. The Morgan fingerprint density at radius 1 is 0.373 bits per heavy atom. The second-order valence-corrected chi connectivity index (χ2v) is 15.7. The smallest absolute Gasteiger partial charge is 0.235 e. The Morgan fingerprint density at radius 3 is 1.86 bits per heavy atom. The molecule has 0 aliphatic heterocycles. The van der Waals surface area contributed by atoms with E-state index in [1.165, 1.54) is 60.0 Å². The SMILES string of the molecule is c1ccc(-c2cccc3cccc(-c4ccc(-c5nc(-n6c7ccc8oc9ccc%10c%11ccccc%11n%11c%12cccc6c%12c7c8c9c%10%11)nc6ccccc56)cc4)c23)cc1. The maximum absolute atomic E-state index is 6.63. The molecule has 0 saturated heterocycles. The number of aromatic nitrogens is 4. The summed E-state index contributed by atoms with van der Waals surface area (Å²) in [7, 11) is 0. The van der Waals surface area contributed by atoms with Gasteiger partial charge in [-0.3, -0.25) is 4.57 Å². The van der Waals surface area contributed by atoms with E-state index in [1.807, 2.05) is 0 Å². The van der Waals surface area contributed by atoms with Crippen LogP contribution in [-0.2, 0) is 0 Å². The summed E-state index contributed by atoms with van der Waals surface area (Å²) in [5, 5.41) is 10.6. The molecule has 0 amide bonds. The quantitative estimate of drug-likeness (QED) is 0.180. The van der Waals surface area contributed by atoms with Gasteiger partial charge in [0, 0.05) is 37.9 Å². The van der Waals surface area contributed by atoms with E-state index in [-0.39, 0.29) is 0 Å². The fourth-order valence-corrected chi connectivity index (χ4v) is 10.2. The van der Waals surface area contributed by atoms with Crippen LogP contribution in [0, 0.1) is 0 Å². The Morgan fingerprint density at radius 2 is 1.02 bits per heavy atom. The summed E-state index contributed by atoms with van der Waals surface area (Å²) < 4.78 is 11.3. The van der Waals surface area contributed by atoms with Crippen LogP contribution in [0.25, 0.3) is 132 Å². The summed E-state index contributed by atoms with van der Waals surface area (Å²) in [5.41, 5.74) is 15.0. The number of nitrogens with zero attached hydrogens (tertiary/aromatic N) is 4. The van der Waals surface area contributed by atoms with Crippen molar-refractivity contribution in [2.75, 3.05) is 0 Å². The average molecular weight is 751 g/mol. The molecule has 0 aliphatic carbocycles. The highest BCUT2D eigenvalue weighted by molar-refractivity contribution is 6.37. The summed E-state index contributed by atoms with van der Waals surface area (Å²) >= 11 is 0. The fourth-order valence-electron chi connectivity index (χ4n) is 10.2. The van der Waals surface area contributed by atoms with Crippen LogP contribution in [0.1, 0.15) is 0 Å². The molecule has 14 rings (SSSR count). The van der Waals surface area contributed by atoms with Crippen molar-refractivity contribution in [2.24, 2.45) is 0 Å². The zero-order valence-electron chi connectivity index (χ0n) is 31.5. The molecule has 5 heterocycles. The number of rotatable bonds is 4. The van der Waals surface area contributed by atoms with Gasteiger partial charge in [0.05, 0.1) is 44.2 Å². The summed E-state index contributed by atoms with van der Waals surface area (Å²) in [5.74, 6) is 0.636. The molecule has 0 radical (unpaired) electrons. The van der Waals surface area contributed by atoms with Crippen molar-refractivity contribution in [1.29, 1.82) is 0 Å². The highest BCUT2D eigenvalue weighted by Crippen LogP contribution is 2.48. The van der Waals surface area contributed by atoms with Crippen LogP contribution >= 0.6 is 0 Å². The molecule has 5 aromatic heterocycles. The van der Waals surface area contributed by atoms with E-state index in [2.05, 4.69) is 191 Å². The topological polar surface area (TPSA) is 48.3 Å². The lowest BCUT2D eigenvalue weighted by atomic mass is 9.91. The summed E-state index contributed by atoms with van der Waals surface area (Å²) in [4.78, 5) is 10.8. The number of furan rings is 1. The molecule has 14 aromatic rings. The molecule has 0 bridgehead atoms. The van der Waals surface area contributed by atoms with Gasteiger partial charge in [-0.25, -0.2) is 9.97 Å². The molecule has 9 aromatic carbocycles. The zero-order chi connectivity index (χ0) is 38.3. The van der Waals surface area contributed by atoms with Crippen LogP contribution in [0.4, 0.5) is 0 Å². The predicted molar refractivity (Wildman–Crippen MR) is 243 cm³/mol. The van der Waals surface area contributed by atoms with Crippen LogP contribution in [0.2, 0.25) is 0 Å². The van der Waals surface area contributed by atoms with Crippen LogP contribution in [0.3, 0.4) is 0 Å². The molecular formula is C54H30N4O. The third-order valence-corrected chi connectivity index (χ3v) is 12.7. The standard InChI is InChI=1S/C54H30N4O/c1-2-11-31(12-3-1)35-17-8-13-33-14-9-18-36(47(33)35)32-23-25-34(26-24-32)52-39-16-4-6-19-40(39)55-54(56-52)58-43-22-10-21-42-48(43)49-44(58)28-30-45-50(49)51-46(59-45)29-27-38-37-15-5-7-20-41(37)57(42)53(38)51/h1-30H. The lowest BCUT2D eigenvalue weighted by Gasteiger charge is -2.14. The van der Waals surface area contributed by atoms with E-state index in [4.69, 9.17) is 14.4 Å². The molecule has 0 N–H and O–H groups in total. The molecule has 0 aliphatic rings. The second-order valence-electron chi connectivity index (χ2n) is 15.7. The van der Waals surface area contributed by atoms with Crippen molar-refractivity contribution in [2.45, 2.75) is 0 Å². The first kappa shape index (κ1) is 31.1. The summed E-state index contributed by atoms with van der Waals surface area (Å²) in [6.07, 6.45) is 0. The first-order valence-corrected chi connectivity index (χ1v) is 20.1. The van der Waals surface area contributed by atoms with Crippen LogP contribution in [0.5, 0.6) is 0 Å². The van der Waals surface area contributed by atoms with E-state index in [0.717, 1.165) is 66.2 Å². The first-order valence-electron chi connectivity index (χ1n) is 20.1. The lowest BCUT2D eigenvalue weighted by molar-refractivity contribution is 0.669. The lowest BCUT2D eigenvalue weighted by Crippen LogP contribution is -2.03. The summed E-state index contributed by atoms with van der Waals surface area (Å²) in [6, 6.07) is 65.1. The Kier molecular flexibility index (Phi) is 5.96. The minimum Gasteiger partial charge on any atom is -0.456 e. The van der Waals surface area contributed by atoms with Crippen LogP contribution in [0.15, 0.2) is 186 Å². The maximum atomic E-state index is 6.63. The molecule has 0 fully saturated rings. The van der Waals surface area contributed by atoms with Gasteiger partial charge in [-0.15, -0.1) is 0 Å². The number of fused-ring (bicyclic) bond motifs is 6. The van der Waals surface area contributed by atoms with Crippen molar-refractivity contribution < 1.29 is 4.42 Å². The predicted octanol–water partition coefficient (Wildman–Crippen LogP) is 14.2. The highest BCUT2D eigenvalue weighted by Gasteiger charge is 2.27. The molecule has 0 atom stereocenters. The van der Waals surface area contributed by atoms with Gasteiger partial charge >= 0.3 is 0 Å². The number of hydrogen-bond acceptors (Lipinski definition) is 3. The monoisotopic (exact) mass is 750 g/mol. The largest absolute Gasteiger partial charge is 0.456 e. The number of hydrogen-bond donors (Lipinski definition) is 0. The molecule has 0 saturated carbocycles. The molecule has 272 valence electrons. The fraction of sp³-hybridized carbons (Fsp3) is 0. The van der Waals surface area contributed by atoms with Gasteiger partial charge < -0.3 is 8.82 Å². The Balaban J connectivity index is 1.02. The third-order valence-electron chi connectivity index (χ3n) is 12.7. The Labute approximate surface area is 336 Å². The van der Waals surface area contributed by atoms with Crippen molar-refractivity contribution in [1.82, 2.24) is 18.9 Å². The Hall–Kier alpha value is -8.02. The maximum Gasteiger partial charge on any atom is 0.235 e. The highest BCUT2D eigenvalue weighted by atomic mass is 16.3. The van der Waals surface area contributed by atoms with Crippen LogP contribution < -0.4 is 0 Å². The minimum absolute atomic E-state index is 0.636. The van der Waals surface area contributed by atoms with E-state index in [1.54, 1.807) is 0 Å². The van der Waals surface area contributed by atoms with Crippen molar-refractivity contribution in [3.05, 3.63) is 182 Å². The van der Waals surface area contributed by atoms with E-state index in [0.29, 0.717) is 5.95 Å². The first-order chi connectivity index (χ1) is 29.3. The molecule has 0 unspecified atom stereocenters. The van der Waals surface area contributed by atoms with Gasteiger partial charge in [0.2, 0.25) is 5.95 Å². The minimum atomic E-state index is 0.636. The van der Waals surface area contributed by atoms with Crippen molar-refractivity contribution in [3.63, 3.8) is 0 Å². The van der Waals surface area contributed by atoms with Gasteiger partial charge in [-0.2, -0.15) is 0 Å². The molecular weight excluding hydrogens is 721 g/mol. The van der Waals surface area contributed by atoms with Crippen molar-refractivity contribution in [3.8, 4) is 39.5 Å². The normalized spacial score (nSPS) is 12.4. The molecule has 0 spiro atoms. The van der Waals surface area contributed by atoms with Gasteiger partial charge in [-0.1, -0.05) is 133 Å². The molecule has 59 heavy (non-hydrogen) atoms. The average Bonchev–Trinajstić information content (AvgIpc) is 3.93. The van der Waals surface area contributed by atoms with Crippen LogP contribution in [-0.4, -0.2) is 18.9 Å².